The van der Waals surface area contributed by atoms with Crippen molar-refractivity contribution in [2.24, 2.45) is 0 Å². The maximum absolute atomic E-state index is 12.7. The highest BCUT2D eigenvalue weighted by molar-refractivity contribution is 5.92. The van der Waals surface area contributed by atoms with E-state index in [0.29, 0.717) is 18.1 Å². The molecule has 0 unspecified atom stereocenters. The lowest BCUT2D eigenvalue weighted by atomic mass is 10.1. The average molecular weight is 361 g/mol. The Kier molecular flexibility index (Phi) is 6.10. The molecule has 0 saturated heterocycles. The molecule has 0 spiro atoms. The summed E-state index contributed by atoms with van der Waals surface area (Å²) in [6.07, 6.45) is 6.62. The number of nitrogens with zero attached hydrogens (tertiary/aromatic N) is 4. The second-order valence-corrected chi connectivity index (χ2v) is 6.26. The summed E-state index contributed by atoms with van der Waals surface area (Å²) in [4.78, 5) is 26.8. The molecule has 138 valence electrons. The molecule has 3 aromatic rings. The van der Waals surface area contributed by atoms with Gasteiger partial charge in [-0.05, 0) is 42.2 Å². The zero-order valence-electron chi connectivity index (χ0n) is 15.6. The van der Waals surface area contributed by atoms with Gasteiger partial charge in [-0.25, -0.2) is 9.97 Å². The molecule has 0 aliphatic heterocycles. The van der Waals surface area contributed by atoms with Gasteiger partial charge in [0, 0.05) is 37.7 Å². The maximum Gasteiger partial charge on any atom is 0.272 e. The van der Waals surface area contributed by atoms with Gasteiger partial charge in [-0.3, -0.25) is 9.78 Å². The van der Waals surface area contributed by atoms with Gasteiger partial charge in [-0.1, -0.05) is 25.1 Å². The Balaban J connectivity index is 1.68. The largest absolute Gasteiger partial charge is 0.340 e. The van der Waals surface area contributed by atoms with Crippen molar-refractivity contribution < 1.29 is 4.79 Å². The van der Waals surface area contributed by atoms with Gasteiger partial charge in [0.25, 0.3) is 5.91 Å². The van der Waals surface area contributed by atoms with Crippen molar-refractivity contribution >= 4 is 17.4 Å². The third-order valence-electron chi connectivity index (χ3n) is 4.38. The highest BCUT2D eigenvalue weighted by Crippen LogP contribution is 2.20. The van der Waals surface area contributed by atoms with E-state index in [1.807, 2.05) is 30.3 Å². The molecule has 1 aromatic carbocycles. The van der Waals surface area contributed by atoms with Crippen LogP contribution in [0.5, 0.6) is 0 Å². The fourth-order valence-corrected chi connectivity index (χ4v) is 2.77. The number of likely N-dealkylation sites (N-methyl/N-ethyl adjacent to an activating group) is 1. The van der Waals surface area contributed by atoms with Gasteiger partial charge in [0.05, 0.1) is 0 Å². The van der Waals surface area contributed by atoms with Crippen molar-refractivity contribution in [3.63, 3.8) is 0 Å². The summed E-state index contributed by atoms with van der Waals surface area (Å²) < 4.78 is 0. The Morgan fingerprint density at radius 1 is 1.11 bits per heavy atom. The first-order chi connectivity index (χ1) is 13.2. The topological polar surface area (TPSA) is 71.0 Å². The Morgan fingerprint density at radius 2 is 1.89 bits per heavy atom. The average Bonchev–Trinajstić information content (AvgIpc) is 2.73. The van der Waals surface area contributed by atoms with Crippen LogP contribution in [0.3, 0.4) is 0 Å². The van der Waals surface area contributed by atoms with Gasteiger partial charge in [0.15, 0.2) is 0 Å². The molecule has 3 rings (SSSR count). The molecule has 0 bridgehead atoms. The SMILES string of the molecule is CCc1ccccc1Nc1cc(C(=O)N(C)CCc2ccncc2)ncn1. The number of hydrogen-bond acceptors (Lipinski definition) is 5. The zero-order chi connectivity index (χ0) is 19.1. The molecule has 0 saturated carbocycles. The molecule has 0 aliphatic rings. The van der Waals surface area contributed by atoms with E-state index in [9.17, 15) is 4.79 Å². The van der Waals surface area contributed by atoms with Crippen molar-refractivity contribution in [1.29, 1.82) is 0 Å². The van der Waals surface area contributed by atoms with Crippen LogP contribution >= 0.6 is 0 Å². The second-order valence-electron chi connectivity index (χ2n) is 6.26. The van der Waals surface area contributed by atoms with Gasteiger partial charge in [0.2, 0.25) is 0 Å². The van der Waals surface area contributed by atoms with Crippen LogP contribution in [0, 0.1) is 0 Å². The highest BCUT2D eigenvalue weighted by Gasteiger charge is 2.14. The molecule has 0 atom stereocenters. The molecule has 0 aliphatic carbocycles. The maximum atomic E-state index is 12.7. The summed E-state index contributed by atoms with van der Waals surface area (Å²) >= 11 is 0. The number of benzene rings is 1. The predicted molar refractivity (Wildman–Crippen MR) is 106 cm³/mol. The minimum absolute atomic E-state index is 0.127. The smallest absolute Gasteiger partial charge is 0.272 e. The summed E-state index contributed by atoms with van der Waals surface area (Å²) in [5, 5.41) is 3.29. The Morgan fingerprint density at radius 3 is 2.67 bits per heavy atom. The van der Waals surface area contributed by atoms with Crippen molar-refractivity contribution in [2.45, 2.75) is 19.8 Å². The first-order valence-corrected chi connectivity index (χ1v) is 8.98. The van der Waals surface area contributed by atoms with Gasteiger partial charge in [0.1, 0.15) is 17.8 Å². The standard InChI is InChI=1S/C21H23N5O/c1-3-17-6-4-5-7-18(17)25-20-14-19(23-15-24-20)21(27)26(2)13-10-16-8-11-22-12-9-16/h4-9,11-12,14-15H,3,10,13H2,1-2H3,(H,23,24,25). The molecular formula is C21H23N5O. The first-order valence-electron chi connectivity index (χ1n) is 8.98. The number of nitrogens with one attached hydrogen (secondary N) is 1. The van der Waals surface area contributed by atoms with Crippen LogP contribution in [0.15, 0.2) is 61.2 Å². The number of aromatic nitrogens is 3. The third kappa shape index (κ3) is 4.88. The quantitative estimate of drug-likeness (QED) is 0.697. The van der Waals surface area contributed by atoms with Gasteiger partial charge >= 0.3 is 0 Å². The number of carbonyl (C=O) groups is 1. The monoisotopic (exact) mass is 361 g/mol. The predicted octanol–water partition coefficient (Wildman–Crippen LogP) is 3.49. The zero-order valence-corrected chi connectivity index (χ0v) is 15.6. The lowest BCUT2D eigenvalue weighted by Gasteiger charge is -2.17. The summed E-state index contributed by atoms with van der Waals surface area (Å²) in [6, 6.07) is 13.7. The van der Waals surface area contributed by atoms with Crippen molar-refractivity contribution in [2.75, 3.05) is 18.9 Å². The van der Waals surface area contributed by atoms with Gasteiger partial charge in [-0.15, -0.1) is 0 Å². The van der Waals surface area contributed by atoms with E-state index in [-0.39, 0.29) is 5.91 Å². The van der Waals surface area contributed by atoms with E-state index in [1.165, 1.54) is 11.9 Å². The number of rotatable bonds is 7. The van der Waals surface area contributed by atoms with Crippen LogP contribution in [-0.4, -0.2) is 39.4 Å². The van der Waals surface area contributed by atoms with Crippen molar-refractivity contribution in [3.8, 4) is 0 Å². The Labute approximate surface area is 159 Å². The summed E-state index contributed by atoms with van der Waals surface area (Å²) in [5.41, 5.74) is 3.70. The number of pyridine rings is 1. The molecule has 0 radical (unpaired) electrons. The molecular weight excluding hydrogens is 338 g/mol. The second kappa shape index (κ2) is 8.89. The van der Waals surface area contributed by atoms with Gasteiger partial charge < -0.3 is 10.2 Å². The Hall–Kier alpha value is -3.28. The number of para-hydroxylation sites is 1. The van der Waals surface area contributed by atoms with Crippen LogP contribution < -0.4 is 5.32 Å². The lowest BCUT2D eigenvalue weighted by Crippen LogP contribution is -2.29. The summed E-state index contributed by atoms with van der Waals surface area (Å²) in [6.45, 7) is 2.71. The number of hydrogen-bond donors (Lipinski definition) is 1. The molecule has 6 heteroatoms. The molecule has 1 N–H and O–H groups in total. The van der Waals surface area contributed by atoms with E-state index >= 15 is 0 Å². The van der Waals surface area contributed by atoms with E-state index in [2.05, 4.69) is 33.3 Å². The van der Waals surface area contributed by atoms with Crippen LogP contribution in [0.4, 0.5) is 11.5 Å². The number of aryl methyl sites for hydroxylation is 1. The normalized spacial score (nSPS) is 10.4. The van der Waals surface area contributed by atoms with Crippen molar-refractivity contribution in [3.05, 3.63) is 78.0 Å². The number of amides is 1. The third-order valence-corrected chi connectivity index (χ3v) is 4.38. The molecule has 1 amide bonds. The molecule has 0 fully saturated rings. The van der Waals surface area contributed by atoms with E-state index in [4.69, 9.17) is 0 Å². The van der Waals surface area contributed by atoms with Crippen LogP contribution in [0.25, 0.3) is 0 Å². The van der Waals surface area contributed by atoms with E-state index < -0.39 is 0 Å². The fraction of sp³-hybridized carbons (Fsp3) is 0.238. The lowest BCUT2D eigenvalue weighted by molar-refractivity contribution is 0.0790. The minimum atomic E-state index is -0.127. The molecule has 27 heavy (non-hydrogen) atoms. The van der Waals surface area contributed by atoms with Crippen LogP contribution in [-0.2, 0) is 12.8 Å². The summed E-state index contributed by atoms with van der Waals surface area (Å²) in [5.74, 6) is 0.482. The summed E-state index contributed by atoms with van der Waals surface area (Å²) in [7, 11) is 1.78. The molecule has 6 nitrogen and oxygen atoms in total. The Bertz CT molecular complexity index is 898. The number of carbonyl (C=O) groups excluding carboxylic acids is 1. The minimum Gasteiger partial charge on any atom is -0.340 e. The molecule has 2 aromatic heterocycles. The number of anilines is 2. The molecule has 2 heterocycles. The van der Waals surface area contributed by atoms with E-state index in [0.717, 1.165) is 24.1 Å². The van der Waals surface area contributed by atoms with Crippen LogP contribution in [0.1, 0.15) is 28.5 Å². The van der Waals surface area contributed by atoms with E-state index in [1.54, 1.807) is 30.4 Å². The first kappa shape index (κ1) is 18.5. The van der Waals surface area contributed by atoms with Crippen LogP contribution in [0.2, 0.25) is 0 Å². The van der Waals surface area contributed by atoms with Gasteiger partial charge in [-0.2, -0.15) is 0 Å². The fourth-order valence-electron chi connectivity index (χ4n) is 2.77. The highest BCUT2D eigenvalue weighted by atomic mass is 16.2. The van der Waals surface area contributed by atoms with Crippen molar-refractivity contribution in [1.82, 2.24) is 19.9 Å².